The summed E-state index contributed by atoms with van der Waals surface area (Å²) in [5.41, 5.74) is 0.545. The molecule has 1 aromatic rings. The Morgan fingerprint density at radius 1 is 1.26 bits per heavy atom. The van der Waals surface area contributed by atoms with Crippen LogP contribution in [0, 0.1) is 0 Å². The summed E-state index contributed by atoms with van der Waals surface area (Å²) in [5, 5.41) is 2.69. The van der Waals surface area contributed by atoms with E-state index in [9.17, 15) is 14.4 Å². The van der Waals surface area contributed by atoms with Gasteiger partial charge in [-0.3, -0.25) is 14.4 Å². The van der Waals surface area contributed by atoms with Gasteiger partial charge in [-0.15, -0.1) is 0 Å². The number of benzene rings is 1. The first-order valence-electron chi connectivity index (χ1n) is 7.30. The van der Waals surface area contributed by atoms with Gasteiger partial charge in [-0.05, 0) is 24.6 Å². The van der Waals surface area contributed by atoms with Crippen LogP contribution in [-0.4, -0.2) is 49.4 Å². The van der Waals surface area contributed by atoms with Gasteiger partial charge in [0.1, 0.15) is 0 Å². The Hall–Kier alpha value is -1.89. The topological polar surface area (TPSA) is 75.7 Å². The van der Waals surface area contributed by atoms with Gasteiger partial charge < -0.3 is 15.0 Å². The highest BCUT2D eigenvalue weighted by Crippen LogP contribution is 2.14. The third-order valence-corrected chi connectivity index (χ3v) is 3.64. The van der Waals surface area contributed by atoms with Crippen LogP contribution in [0.5, 0.6) is 0 Å². The molecule has 7 heteroatoms. The molecule has 1 rings (SSSR count). The lowest BCUT2D eigenvalue weighted by atomic mass is 10.2. The lowest BCUT2D eigenvalue weighted by Gasteiger charge is -2.22. The summed E-state index contributed by atoms with van der Waals surface area (Å²) >= 11 is 3.34. The third-order valence-electron chi connectivity index (χ3n) is 3.15. The molecule has 0 radical (unpaired) electrons. The fourth-order valence-electron chi connectivity index (χ4n) is 1.98. The molecule has 0 fully saturated rings. The highest BCUT2D eigenvalue weighted by molar-refractivity contribution is 9.10. The fourth-order valence-corrected chi connectivity index (χ4v) is 2.38. The van der Waals surface area contributed by atoms with E-state index in [1.807, 2.05) is 6.07 Å². The zero-order valence-electron chi connectivity index (χ0n) is 13.3. The lowest BCUT2D eigenvalue weighted by molar-refractivity contribution is -0.140. The predicted octanol–water partition coefficient (Wildman–Crippen LogP) is 1.98. The third kappa shape index (κ3) is 7.27. The summed E-state index contributed by atoms with van der Waals surface area (Å²) < 4.78 is 5.44. The van der Waals surface area contributed by atoms with Gasteiger partial charge in [0.25, 0.3) is 5.91 Å². The molecule has 0 aliphatic heterocycles. The number of nitrogens with zero attached hydrogens (tertiary/aromatic N) is 1. The standard InChI is InChI=1S/C16H21BrN2O4/c1-12(20)18-8-4-9-19(10-7-15(21)23-2)16(22)13-5-3-6-14(17)11-13/h3,5-6,11H,4,7-10H2,1-2H3,(H,18,20). The van der Waals surface area contributed by atoms with Gasteiger partial charge in [0.15, 0.2) is 0 Å². The van der Waals surface area contributed by atoms with E-state index in [1.54, 1.807) is 23.1 Å². The van der Waals surface area contributed by atoms with Crippen molar-refractivity contribution in [3.8, 4) is 0 Å². The molecule has 0 atom stereocenters. The van der Waals surface area contributed by atoms with E-state index < -0.39 is 0 Å². The van der Waals surface area contributed by atoms with Crippen molar-refractivity contribution in [3.05, 3.63) is 34.3 Å². The second-order valence-electron chi connectivity index (χ2n) is 4.97. The van der Waals surface area contributed by atoms with E-state index in [1.165, 1.54) is 14.0 Å². The Kier molecular flexibility index (Phi) is 8.32. The number of amides is 2. The number of nitrogens with one attached hydrogen (secondary N) is 1. The van der Waals surface area contributed by atoms with Crippen LogP contribution >= 0.6 is 15.9 Å². The van der Waals surface area contributed by atoms with E-state index >= 15 is 0 Å². The van der Waals surface area contributed by atoms with Crippen LogP contribution in [-0.2, 0) is 14.3 Å². The Labute approximate surface area is 144 Å². The molecule has 1 N–H and O–H groups in total. The minimum absolute atomic E-state index is 0.107. The van der Waals surface area contributed by atoms with Gasteiger partial charge >= 0.3 is 5.97 Å². The zero-order valence-corrected chi connectivity index (χ0v) is 14.9. The normalized spacial score (nSPS) is 10.0. The molecule has 0 saturated heterocycles. The largest absolute Gasteiger partial charge is 0.469 e. The number of carbonyl (C=O) groups excluding carboxylic acids is 3. The van der Waals surface area contributed by atoms with Crippen LogP contribution in [0.25, 0.3) is 0 Å². The highest BCUT2D eigenvalue weighted by atomic mass is 79.9. The lowest BCUT2D eigenvalue weighted by Crippen LogP contribution is -2.35. The minimum atomic E-state index is -0.362. The Morgan fingerprint density at radius 2 is 2.00 bits per heavy atom. The number of methoxy groups -OCH3 is 1. The molecule has 23 heavy (non-hydrogen) atoms. The SMILES string of the molecule is COC(=O)CCN(CCCNC(C)=O)C(=O)c1cccc(Br)c1. The molecular formula is C16H21BrN2O4. The van der Waals surface area contributed by atoms with Crippen molar-refractivity contribution in [3.63, 3.8) is 0 Å². The quantitative estimate of drug-likeness (QED) is 0.549. The van der Waals surface area contributed by atoms with E-state index in [0.717, 1.165) is 4.47 Å². The van der Waals surface area contributed by atoms with E-state index in [0.29, 0.717) is 25.1 Å². The van der Waals surface area contributed by atoms with Crippen molar-refractivity contribution >= 4 is 33.7 Å². The fraction of sp³-hybridized carbons (Fsp3) is 0.438. The second-order valence-corrected chi connectivity index (χ2v) is 5.88. The average Bonchev–Trinajstić information content (AvgIpc) is 2.52. The second kappa shape index (κ2) is 9.99. The molecule has 0 unspecified atom stereocenters. The van der Waals surface area contributed by atoms with Crippen LogP contribution in [0.3, 0.4) is 0 Å². The summed E-state index contributed by atoms with van der Waals surface area (Å²) in [6.45, 7) is 2.65. The maximum absolute atomic E-state index is 12.6. The van der Waals surface area contributed by atoms with Crippen molar-refractivity contribution < 1.29 is 19.1 Å². The van der Waals surface area contributed by atoms with Crippen molar-refractivity contribution in [2.45, 2.75) is 19.8 Å². The first kappa shape index (κ1) is 19.2. The molecular weight excluding hydrogens is 364 g/mol. The van der Waals surface area contributed by atoms with E-state index in [4.69, 9.17) is 0 Å². The monoisotopic (exact) mass is 384 g/mol. The minimum Gasteiger partial charge on any atom is -0.469 e. The number of ether oxygens (including phenoxy) is 1. The molecule has 0 aromatic heterocycles. The zero-order chi connectivity index (χ0) is 17.2. The summed E-state index contributed by atoms with van der Waals surface area (Å²) in [4.78, 5) is 36.4. The number of carbonyl (C=O) groups is 3. The van der Waals surface area contributed by atoms with E-state index in [2.05, 4.69) is 26.0 Å². The molecule has 0 aliphatic rings. The smallest absolute Gasteiger partial charge is 0.307 e. The number of halogens is 1. The Bertz CT molecular complexity index is 563. The molecule has 0 bridgehead atoms. The first-order chi connectivity index (χ1) is 10.9. The predicted molar refractivity (Wildman–Crippen MR) is 90.0 cm³/mol. The molecule has 1 aromatic carbocycles. The van der Waals surface area contributed by atoms with Gasteiger partial charge in [-0.1, -0.05) is 22.0 Å². The number of hydrogen-bond donors (Lipinski definition) is 1. The molecule has 126 valence electrons. The van der Waals surface area contributed by atoms with Crippen LogP contribution < -0.4 is 5.32 Å². The number of esters is 1. The maximum Gasteiger partial charge on any atom is 0.307 e. The summed E-state index contributed by atoms with van der Waals surface area (Å²) in [6, 6.07) is 7.09. The molecule has 0 heterocycles. The van der Waals surface area contributed by atoms with Gasteiger partial charge in [0.2, 0.25) is 5.91 Å². The van der Waals surface area contributed by atoms with Gasteiger partial charge in [0, 0.05) is 36.6 Å². The molecule has 2 amide bonds. The summed E-state index contributed by atoms with van der Waals surface area (Å²) in [6.07, 6.45) is 0.747. The molecule has 6 nitrogen and oxygen atoms in total. The summed E-state index contributed by atoms with van der Waals surface area (Å²) in [7, 11) is 1.32. The average molecular weight is 385 g/mol. The van der Waals surface area contributed by atoms with Gasteiger partial charge in [-0.25, -0.2) is 0 Å². The van der Waals surface area contributed by atoms with Crippen LogP contribution in [0.4, 0.5) is 0 Å². The molecule has 0 spiro atoms. The van der Waals surface area contributed by atoms with Crippen molar-refractivity contribution in [1.82, 2.24) is 10.2 Å². The number of hydrogen-bond acceptors (Lipinski definition) is 4. The highest BCUT2D eigenvalue weighted by Gasteiger charge is 2.17. The van der Waals surface area contributed by atoms with Crippen LogP contribution in [0.15, 0.2) is 28.7 Å². The van der Waals surface area contributed by atoms with Crippen molar-refractivity contribution in [2.24, 2.45) is 0 Å². The molecule has 0 aliphatic carbocycles. The van der Waals surface area contributed by atoms with Gasteiger partial charge in [-0.2, -0.15) is 0 Å². The van der Waals surface area contributed by atoms with E-state index in [-0.39, 0.29) is 30.7 Å². The maximum atomic E-state index is 12.6. The molecule has 0 saturated carbocycles. The Morgan fingerprint density at radius 3 is 2.61 bits per heavy atom. The van der Waals surface area contributed by atoms with Gasteiger partial charge in [0.05, 0.1) is 13.5 Å². The number of rotatable bonds is 8. The summed E-state index contributed by atoms with van der Waals surface area (Å²) in [5.74, 6) is -0.624. The van der Waals surface area contributed by atoms with Crippen LogP contribution in [0.2, 0.25) is 0 Å². The Balaban J connectivity index is 2.70. The van der Waals surface area contributed by atoms with Crippen LogP contribution in [0.1, 0.15) is 30.1 Å². The van der Waals surface area contributed by atoms with Crippen molar-refractivity contribution in [2.75, 3.05) is 26.7 Å². The van der Waals surface area contributed by atoms with Crippen molar-refractivity contribution in [1.29, 1.82) is 0 Å². The first-order valence-corrected chi connectivity index (χ1v) is 8.09.